The van der Waals surface area contributed by atoms with Crippen LogP contribution in [0.15, 0.2) is 64.5 Å². The zero-order valence-corrected chi connectivity index (χ0v) is 14.5. The number of rotatable bonds is 3. The van der Waals surface area contributed by atoms with Crippen molar-refractivity contribution >= 4 is 17.5 Å². The maximum Gasteiger partial charge on any atom is 0.352 e. The van der Waals surface area contributed by atoms with Gasteiger partial charge in [-0.05, 0) is 36.6 Å². The van der Waals surface area contributed by atoms with Crippen LogP contribution in [0, 0.1) is 0 Å². The van der Waals surface area contributed by atoms with E-state index in [1.165, 1.54) is 22.1 Å². The first-order chi connectivity index (χ1) is 12.1. The molecule has 0 amide bonds. The van der Waals surface area contributed by atoms with Crippen molar-refractivity contribution < 1.29 is 0 Å². The largest absolute Gasteiger partial charge is 0.352 e. The fourth-order valence-corrected chi connectivity index (χ4v) is 2.86. The normalized spacial score (nSPS) is 13.9. The summed E-state index contributed by atoms with van der Waals surface area (Å²) in [5, 5.41) is 0.515. The second kappa shape index (κ2) is 7.46. The Bertz CT molecular complexity index is 923. The van der Waals surface area contributed by atoms with Crippen LogP contribution in [0.2, 0.25) is 5.02 Å². The third-order valence-electron chi connectivity index (χ3n) is 3.89. The highest BCUT2D eigenvalue weighted by Gasteiger charge is 2.13. The number of fused-ring (bicyclic) bond motifs is 2. The molecule has 0 aliphatic heterocycles. The maximum absolute atomic E-state index is 11.8. The zero-order valence-electron chi connectivity index (χ0n) is 13.7. The van der Waals surface area contributed by atoms with Crippen LogP contribution in [0.5, 0.6) is 0 Å². The number of nitrogen functional groups attached to an aromatic ring is 1. The molecule has 3 N–H and O–H groups in total. The summed E-state index contributed by atoms with van der Waals surface area (Å²) in [6.45, 7) is 2.28. The first-order valence-electron chi connectivity index (χ1n) is 7.90. The van der Waals surface area contributed by atoms with Gasteiger partial charge in [-0.15, -0.1) is 0 Å². The second-order valence-corrected chi connectivity index (χ2v) is 5.92. The second-order valence-electron chi connectivity index (χ2n) is 5.52. The molecule has 4 rings (SSSR count). The van der Waals surface area contributed by atoms with E-state index in [0.717, 1.165) is 0 Å². The van der Waals surface area contributed by atoms with Crippen molar-refractivity contribution in [3.05, 3.63) is 75.2 Å². The van der Waals surface area contributed by atoms with E-state index in [-0.39, 0.29) is 5.95 Å². The molecule has 0 unspecified atom stereocenters. The van der Waals surface area contributed by atoms with Crippen molar-refractivity contribution in [3.63, 3.8) is 0 Å². The van der Waals surface area contributed by atoms with E-state index in [1.54, 1.807) is 12.1 Å². The monoisotopic (exact) mass is 355 g/mol. The molecule has 0 saturated carbocycles. The lowest BCUT2D eigenvalue weighted by molar-refractivity contribution is 0.687. The van der Waals surface area contributed by atoms with Crippen LogP contribution in [-0.2, 0) is 6.54 Å². The molecule has 25 heavy (non-hydrogen) atoms. The summed E-state index contributed by atoms with van der Waals surface area (Å²) in [4.78, 5) is 19.7. The third-order valence-corrected chi connectivity index (χ3v) is 4.22. The van der Waals surface area contributed by atoms with Crippen LogP contribution in [-0.4, -0.2) is 14.5 Å². The molecule has 1 aromatic heterocycles. The van der Waals surface area contributed by atoms with Crippen molar-refractivity contribution in [1.29, 1.82) is 0 Å². The van der Waals surface area contributed by atoms with Crippen LogP contribution in [0.4, 0.5) is 5.95 Å². The molecule has 0 atom stereocenters. The zero-order chi connectivity index (χ0) is 17.8. The van der Waals surface area contributed by atoms with Gasteiger partial charge in [0.05, 0.1) is 5.02 Å². The summed E-state index contributed by atoms with van der Waals surface area (Å²) < 4.78 is 1.43. The number of hydrazine groups is 1. The minimum absolute atomic E-state index is 0.0691. The number of nitrogens with zero attached hydrogens (tertiary/aromatic N) is 3. The number of aromatic nitrogens is 3. The quantitative estimate of drug-likeness (QED) is 0.652. The number of hydrogen-bond acceptors (Lipinski definition) is 5. The molecule has 2 aromatic rings. The lowest BCUT2D eigenvalue weighted by atomic mass is 10.2. The summed E-state index contributed by atoms with van der Waals surface area (Å²) >= 11 is 6.11. The molecule has 0 fully saturated rings. The molecule has 1 aromatic carbocycles. The lowest BCUT2D eigenvalue weighted by Gasteiger charge is -2.11. The predicted octanol–water partition coefficient (Wildman–Crippen LogP) is 3.08. The first kappa shape index (κ1) is 17.1. The standard InChI is InChI=1S/C11H12ClN5O.C7H6/c1-2-17-9(7-5-3-4-6-8(7)12)14-10(16-13)15-11(17)18;1-2-7-4-3-6(1)5-7/h3-6H,2,13H2,1H3,(H,15,16,18);1-4H,5H2. The topological polar surface area (TPSA) is 85.8 Å². The van der Waals surface area contributed by atoms with Crippen LogP contribution in [0.25, 0.3) is 11.4 Å². The smallest absolute Gasteiger partial charge is 0.292 e. The molecule has 0 saturated heterocycles. The van der Waals surface area contributed by atoms with Crippen LogP contribution in [0.1, 0.15) is 13.3 Å². The number of benzene rings is 1. The summed E-state index contributed by atoms with van der Waals surface area (Å²) in [5.41, 5.74) is 5.45. The number of anilines is 1. The average molecular weight is 356 g/mol. The van der Waals surface area contributed by atoms with Crippen LogP contribution >= 0.6 is 11.6 Å². The summed E-state index contributed by atoms with van der Waals surface area (Å²) in [6, 6.07) is 7.16. The fraction of sp³-hybridized carbons (Fsp3) is 0.167. The minimum Gasteiger partial charge on any atom is -0.292 e. The van der Waals surface area contributed by atoms with E-state index in [2.05, 4.69) is 39.7 Å². The SMILES string of the molecule is C1=CC2=CC=C1C2.CCn1c(-c2ccccc2Cl)nc(NN)nc1=O. The summed E-state index contributed by atoms with van der Waals surface area (Å²) in [5.74, 6) is 5.75. The Morgan fingerprint density at radius 3 is 2.36 bits per heavy atom. The molecule has 0 radical (unpaired) electrons. The van der Waals surface area contributed by atoms with Gasteiger partial charge in [-0.2, -0.15) is 9.97 Å². The Morgan fingerprint density at radius 2 is 1.88 bits per heavy atom. The van der Waals surface area contributed by atoms with Gasteiger partial charge in [0.2, 0.25) is 5.95 Å². The predicted molar refractivity (Wildman–Crippen MR) is 100 cm³/mol. The molecular weight excluding hydrogens is 338 g/mol. The van der Waals surface area contributed by atoms with Crippen molar-refractivity contribution in [3.8, 4) is 11.4 Å². The minimum atomic E-state index is -0.421. The molecule has 6 nitrogen and oxygen atoms in total. The lowest BCUT2D eigenvalue weighted by Crippen LogP contribution is -2.28. The Morgan fingerprint density at radius 1 is 1.20 bits per heavy atom. The third kappa shape index (κ3) is 3.70. The van der Waals surface area contributed by atoms with Gasteiger partial charge in [-0.3, -0.25) is 9.99 Å². The van der Waals surface area contributed by atoms with E-state index in [0.29, 0.717) is 23.0 Å². The highest BCUT2D eigenvalue weighted by atomic mass is 35.5. The Hall–Kier alpha value is -2.70. The molecule has 2 aliphatic rings. The van der Waals surface area contributed by atoms with E-state index < -0.39 is 5.69 Å². The van der Waals surface area contributed by atoms with Gasteiger partial charge in [-0.25, -0.2) is 10.6 Å². The average Bonchev–Trinajstić information content (AvgIpc) is 3.28. The Balaban J connectivity index is 0.000000213. The van der Waals surface area contributed by atoms with Crippen LogP contribution in [0.3, 0.4) is 0 Å². The van der Waals surface area contributed by atoms with Gasteiger partial charge < -0.3 is 0 Å². The van der Waals surface area contributed by atoms with Crippen molar-refractivity contribution in [2.75, 3.05) is 5.43 Å². The van der Waals surface area contributed by atoms with Gasteiger partial charge in [-0.1, -0.05) is 48.0 Å². The Labute approximate surface area is 150 Å². The summed E-state index contributed by atoms with van der Waals surface area (Å²) in [6.07, 6.45) is 9.90. The highest BCUT2D eigenvalue weighted by Crippen LogP contribution is 2.27. The van der Waals surface area contributed by atoms with Crippen molar-refractivity contribution in [2.45, 2.75) is 19.9 Å². The molecule has 2 aliphatic carbocycles. The molecule has 1 heterocycles. The first-order valence-corrected chi connectivity index (χ1v) is 8.28. The van der Waals surface area contributed by atoms with Gasteiger partial charge in [0.15, 0.2) is 0 Å². The van der Waals surface area contributed by atoms with E-state index in [9.17, 15) is 4.79 Å². The van der Waals surface area contributed by atoms with Gasteiger partial charge in [0.1, 0.15) is 5.82 Å². The molecule has 2 bridgehead atoms. The number of hydrogen-bond donors (Lipinski definition) is 2. The van der Waals surface area contributed by atoms with Crippen LogP contribution < -0.4 is 17.0 Å². The molecule has 128 valence electrons. The number of nitrogens with two attached hydrogens (primary N) is 1. The highest BCUT2D eigenvalue weighted by molar-refractivity contribution is 6.33. The fourth-order valence-electron chi connectivity index (χ4n) is 2.64. The van der Waals surface area contributed by atoms with E-state index in [1.807, 2.05) is 19.1 Å². The number of halogens is 1. The maximum atomic E-state index is 11.8. The van der Waals surface area contributed by atoms with Gasteiger partial charge >= 0.3 is 5.69 Å². The van der Waals surface area contributed by atoms with E-state index >= 15 is 0 Å². The number of allylic oxidation sites excluding steroid dienone is 6. The van der Waals surface area contributed by atoms with Gasteiger partial charge in [0.25, 0.3) is 0 Å². The van der Waals surface area contributed by atoms with Crippen molar-refractivity contribution in [2.24, 2.45) is 5.84 Å². The van der Waals surface area contributed by atoms with Crippen molar-refractivity contribution in [1.82, 2.24) is 14.5 Å². The molecule has 7 heteroatoms. The summed E-state index contributed by atoms with van der Waals surface area (Å²) in [7, 11) is 0. The Kier molecular flexibility index (Phi) is 5.11. The van der Waals surface area contributed by atoms with E-state index in [4.69, 9.17) is 17.4 Å². The number of nitrogens with one attached hydrogen (secondary N) is 1. The molecular formula is C18H18ClN5O. The van der Waals surface area contributed by atoms with Gasteiger partial charge in [0, 0.05) is 12.1 Å². The molecule has 0 spiro atoms.